The highest BCUT2D eigenvalue weighted by Gasteiger charge is 2.22. The lowest BCUT2D eigenvalue weighted by molar-refractivity contribution is 0.103. The van der Waals surface area contributed by atoms with Crippen LogP contribution in [0.1, 0.15) is 15.9 Å². The number of halogens is 3. The molecular weight excluding hydrogens is 459 g/mol. The second-order valence-electron chi connectivity index (χ2n) is 5.97. The smallest absolute Gasteiger partial charge is 0.285 e. The van der Waals surface area contributed by atoms with Crippen molar-refractivity contribution < 1.29 is 17.9 Å². The molecule has 0 fully saturated rings. The Balaban J connectivity index is 2.47. The van der Waals surface area contributed by atoms with Crippen molar-refractivity contribution >= 4 is 56.9 Å². The van der Waals surface area contributed by atoms with Crippen molar-refractivity contribution in [2.24, 2.45) is 4.40 Å². The highest BCUT2D eigenvalue weighted by molar-refractivity contribution is 7.90. The Morgan fingerprint density at radius 1 is 1.17 bits per heavy atom. The van der Waals surface area contributed by atoms with Crippen LogP contribution in [0.3, 0.4) is 0 Å². The van der Waals surface area contributed by atoms with Gasteiger partial charge < -0.3 is 9.64 Å². The van der Waals surface area contributed by atoms with Crippen LogP contribution in [0.25, 0.3) is 0 Å². The third-order valence-corrected chi connectivity index (χ3v) is 6.11. The Morgan fingerprint density at radius 3 is 2.48 bits per heavy atom. The molecule has 0 aliphatic rings. The number of carbonyl (C=O) groups excluding carboxylic acids is 1. The lowest BCUT2D eigenvalue weighted by Crippen LogP contribution is -2.11. The van der Waals surface area contributed by atoms with Gasteiger partial charge in [0.15, 0.2) is 5.78 Å². The van der Waals surface area contributed by atoms with E-state index in [0.29, 0.717) is 5.75 Å². The fraction of sp³-hybridized carbons (Fsp3) is 0.158. The number of carbonyl (C=O) groups is 1. The average Bonchev–Trinajstić information content (AvgIpc) is 2.67. The van der Waals surface area contributed by atoms with Crippen LogP contribution in [0.15, 0.2) is 52.3 Å². The molecule has 0 aliphatic heterocycles. The minimum Gasteiger partial charge on any atom is -0.488 e. The van der Waals surface area contributed by atoms with E-state index in [1.54, 1.807) is 14.1 Å². The van der Waals surface area contributed by atoms with Crippen LogP contribution >= 0.6 is 34.8 Å². The first-order valence-electron chi connectivity index (χ1n) is 8.11. The van der Waals surface area contributed by atoms with Crippen molar-refractivity contribution in [1.82, 2.24) is 4.90 Å². The number of ketones is 1. The molecule has 0 aromatic heterocycles. The first-order chi connectivity index (χ1) is 13.6. The van der Waals surface area contributed by atoms with E-state index in [2.05, 4.69) is 11.0 Å². The van der Waals surface area contributed by atoms with E-state index in [0.717, 1.165) is 12.4 Å². The summed E-state index contributed by atoms with van der Waals surface area (Å²) in [5.41, 5.74) is 0.149. The van der Waals surface area contributed by atoms with Crippen LogP contribution in [0.5, 0.6) is 5.75 Å². The summed E-state index contributed by atoms with van der Waals surface area (Å²) in [4.78, 5) is 14.1. The molecule has 2 rings (SSSR count). The maximum atomic E-state index is 12.9. The molecule has 0 bridgehead atoms. The molecular formula is C19H17Cl3N2O4S. The monoisotopic (exact) mass is 474 g/mol. The third-order valence-electron chi connectivity index (χ3n) is 3.54. The summed E-state index contributed by atoms with van der Waals surface area (Å²) in [6, 6.07) is 6.80. The van der Waals surface area contributed by atoms with Gasteiger partial charge in [-0.3, -0.25) is 4.79 Å². The summed E-state index contributed by atoms with van der Waals surface area (Å²) < 4.78 is 33.8. The second-order valence-corrected chi connectivity index (χ2v) is 8.74. The van der Waals surface area contributed by atoms with E-state index in [1.165, 1.54) is 35.2 Å². The number of benzene rings is 2. The van der Waals surface area contributed by atoms with Gasteiger partial charge in [0.2, 0.25) is 0 Å². The lowest BCUT2D eigenvalue weighted by atomic mass is 10.0. The van der Waals surface area contributed by atoms with Gasteiger partial charge in [-0.05, 0) is 30.3 Å². The third kappa shape index (κ3) is 5.51. The number of hydrogen-bond acceptors (Lipinski definition) is 4. The van der Waals surface area contributed by atoms with E-state index in [1.807, 2.05) is 0 Å². The zero-order chi connectivity index (χ0) is 21.8. The fourth-order valence-electron chi connectivity index (χ4n) is 2.18. The molecule has 0 unspecified atom stereocenters. The highest BCUT2D eigenvalue weighted by atomic mass is 35.5. The summed E-state index contributed by atoms with van der Waals surface area (Å²) in [7, 11) is -0.865. The van der Waals surface area contributed by atoms with Crippen molar-refractivity contribution in [2.45, 2.75) is 4.90 Å². The Labute approximate surface area is 184 Å². The Kier molecular flexibility index (Phi) is 7.71. The number of nitrogens with zero attached hydrogens (tertiary/aromatic N) is 2. The number of ether oxygens (including phenoxy) is 1. The molecule has 29 heavy (non-hydrogen) atoms. The molecule has 2 aromatic rings. The summed E-state index contributed by atoms with van der Waals surface area (Å²) >= 11 is 18.4. The predicted octanol–water partition coefficient (Wildman–Crippen LogP) is 4.72. The van der Waals surface area contributed by atoms with Gasteiger partial charge in [-0.2, -0.15) is 8.42 Å². The molecule has 0 aliphatic carbocycles. The van der Waals surface area contributed by atoms with Gasteiger partial charge in [-0.15, -0.1) is 4.40 Å². The van der Waals surface area contributed by atoms with Crippen LogP contribution < -0.4 is 4.74 Å². The summed E-state index contributed by atoms with van der Waals surface area (Å²) in [6.07, 6.45) is 2.66. The van der Waals surface area contributed by atoms with Gasteiger partial charge >= 0.3 is 0 Å². The molecule has 0 saturated carbocycles. The van der Waals surface area contributed by atoms with Gasteiger partial charge in [0.1, 0.15) is 28.6 Å². The Bertz CT molecular complexity index is 1080. The largest absolute Gasteiger partial charge is 0.488 e. The van der Waals surface area contributed by atoms with E-state index >= 15 is 0 Å². The van der Waals surface area contributed by atoms with Gasteiger partial charge in [-0.1, -0.05) is 47.5 Å². The summed E-state index contributed by atoms with van der Waals surface area (Å²) in [5.74, 6) is -0.234. The van der Waals surface area contributed by atoms with Gasteiger partial charge in [0.05, 0.1) is 10.0 Å². The summed E-state index contributed by atoms with van der Waals surface area (Å²) in [5, 5.41) is -0.00488. The maximum absolute atomic E-state index is 12.9. The molecule has 6 nitrogen and oxygen atoms in total. The predicted molar refractivity (Wildman–Crippen MR) is 116 cm³/mol. The molecule has 154 valence electrons. The minimum absolute atomic E-state index is 0.0109. The molecule has 0 radical (unpaired) electrons. The van der Waals surface area contributed by atoms with E-state index in [9.17, 15) is 13.2 Å². The first-order valence-corrected chi connectivity index (χ1v) is 10.7. The normalized spacial score (nSPS) is 11.5. The lowest BCUT2D eigenvalue weighted by Gasteiger charge is -2.11. The van der Waals surface area contributed by atoms with Crippen molar-refractivity contribution in [3.8, 4) is 5.75 Å². The standard InChI is InChI=1S/C19H17Cl3N2O4S/c1-4-9-28-15-8-6-13(17(21)18(15)22)19(25)12-5-7-14(20)16(10-12)29(26,27)23-11-24(2)3/h4-8,10-11H,1,9H2,2-3H3. The Hall–Kier alpha value is -2.06. The number of rotatable bonds is 8. The average molecular weight is 476 g/mol. The second kappa shape index (κ2) is 9.63. The molecule has 0 N–H and O–H groups in total. The van der Waals surface area contributed by atoms with Gasteiger partial charge in [0, 0.05) is 25.2 Å². The molecule has 0 heterocycles. The van der Waals surface area contributed by atoms with E-state index < -0.39 is 15.8 Å². The molecule has 2 aromatic carbocycles. The van der Waals surface area contributed by atoms with Crippen LogP contribution in [-0.4, -0.2) is 46.1 Å². The van der Waals surface area contributed by atoms with Crippen molar-refractivity contribution in [3.05, 3.63) is 69.2 Å². The van der Waals surface area contributed by atoms with Crippen molar-refractivity contribution in [1.29, 1.82) is 0 Å². The van der Waals surface area contributed by atoms with Crippen LogP contribution in [0.4, 0.5) is 0 Å². The van der Waals surface area contributed by atoms with Crippen molar-refractivity contribution in [2.75, 3.05) is 20.7 Å². The zero-order valence-corrected chi connectivity index (χ0v) is 18.6. The van der Waals surface area contributed by atoms with Gasteiger partial charge in [-0.25, -0.2) is 0 Å². The maximum Gasteiger partial charge on any atom is 0.285 e. The molecule has 0 spiro atoms. The summed E-state index contributed by atoms with van der Waals surface area (Å²) in [6.45, 7) is 3.76. The van der Waals surface area contributed by atoms with Crippen molar-refractivity contribution in [3.63, 3.8) is 0 Å². The van der Waals surface area contributed by atoms with E-state index in [4.69, 9.17) is 39.5 Å². The number of hydrogen-bond donors (Lipinski definition) is 0. The van der Waals surface area contributed by atoms with Crippen LogP contribution in [0, 0.1) is 0 Å². The molecule has 0 atom stereocenters. The van der Waals surface area contributed by atoms with Crippen LogP contribution in [0.2, 0.25) is 15.1 Å². The zero-order valence-electron chi connectivity index (χ0n) is 15.5. The topological polar surface area (TPSA) is 76.0 Å². The Morgan fingerprint density at radius 2 is 1.86 bits per heavy atom. The van der Waals surface area contributed by atoms with E-state index in [-0.39, 0.29) is 37.7 Å². The quantitative estimate of drug-likeness (QED) is 0.239. The molecule has 0 amide bonds. The highest BCUT2D eigenvalue weighted by Crippen LogP contribution is 2.36. The van der Waals surface area contributed by atoms with Crippen LogP contribution in [-0.2, 0) is 10.0 Å². The fourth-order valence-corrected chi connectivity index (χ4v) is 4.07. The SMILES string of the molecule is C=CCOc1ccc(C(=O)c2ccc(Cl)c(S(=O)(=O)N=CN(C)C)c2)c(Cl)c1Cl. The minimum atomic E-state index is -4.10. The first kappa shape index (κ1) is 23.2. The molecule has 0 saturated heterocycles. The van der Waals surface area contributed by atoms with Gasteiger partial charge in [0.25, 0.3) is 10.0 Å². The molecule has 10 heteroatoms. The number of sulfonamides is 1.